The highest BCUT2D eigenvalue weighted by atomic mass is 15.1. The Hall–Kier alpha value is -0.340. The molecular formula is C19H40N2. The molecule has 0 aliphatic carbocycles. The SMILES string of the molecule is CCC(C(CN(C)[C@@H](C)/C=C\[C@@H](C)CC)C(C)C)[C@@H](C)N. The van der Waals surface area contributed by atoms with Crippen molar-refractivity contribution in [3.05, 3.63) is 12.2 Å². The van der Waals surface area contributed by atoms with Crippen molar-refractivity contribution in [2.24, 2.45) is 29.4 Å². The number of nitrogens with zero attached hydrogens (tertiary/aromatic N) is 1. The third kappa shape index (κ3) is 7.46. The molecule has 0 amide bonds. The molecule has 0 aliphatic heterocycles. The maximum atomic E-state index is 6.22. The van der Waals surface area contributed by atoms with Crippen LogP contribution in [0.2, 0.25) is 0 Å². The van der Waals surface area contributed by atoms with Crippen LogP contribution in [0.15, 0.2) is 12.2 Å². The smallest absolute Gasteiger partial charge is 0.0247 e. The average Bonchev–Trinajstić information content (AvgIpc) is 2.42. The van der Waals surface area contributed by atoms with Gasteiger partial charge in [-0.1, -0.05) is 59.6 Å². The Morgan fingerprint density at radius 3 is 1.86 bits per heavy atom. The highest BCUT2D eigenvalue weighted by molar-refractivity contribution is 4.94. The van der Waals surface area contributed by atoms with Gasteiger partial charge in [0.25, 0.3) is 0 Å². The number of hydrogen-bond donors (Lipinski definition) is 1. The summed E-state index contributed by atoms with van der Waals surface area (Å²) in [6, 6.07) is 0.771. The highest BCUT2D eigenvalue weighted by Gasteiger charge is 2.27. The number of nitrogens with two attached hydrogens (primary N) is 1. The maximum Gasteiger partial charge on any atom is 0.0247 e. The molecule has 0 spiro atoms. The van der Waals surface area contributed by atoms with Crippen LogP contribution < -0.4 is 5.73 Å². The zero-order valence-corrected chi connectivity index (χ0v) is 15.8. The van der Waals surface area contributed by atoms with E-state index in [9.17, 15) is 0 Å². The summed E-state index contributed by atoms with van der Waals surface area (Å²) in [5.41, 5.74) is 6.22. The minimum absolute atomic E-state index is 0.279. The van der Waals surface area contributed by atoms with Gasteiger partial charge in [0.2, 0.25) is 0 Å². The monoisotopic (exact) mass is 296 g/mol. The third-order valence-electron chi connectivity index (χ3n) is 5.11. The summed E-state index contributed by atoms with van der Waals surface area (Å²) in [6.07, 6.45) is 7.10. The van der Waals surface area contributed by atoms with Crippen LogP contribution in [-0.2, 0) is 0 Å². The maximum absolute atomic E-state index is 6.22. The molecule has 21 heavy (non-hydrogen) atoms. The number of allylic oxidation sites excluding steroid dienone is 1. The van der Waals surface area contributed by atoms with Gasteiger partial charge in [0.15, 0.2) is 0 Å². The molecule has 0 radical (unpaired) electrons. The van der Waals surface area contributed by atoms with E-state index in [1.54, 1.807) is 0 Å². The zero-order valence-electron chi connectivity index (χ0n) is 15.8. The second kappa shape index (κ2) is 10.4. The van der Waals surface area contributed by atoms with Crippen LogP contribution in [0.3, 0.4) is 0 Å². The highest BCUT2D eigenvalue weighted by Crippen LogP contribution is 2.27. The Morgan fingerprint density at radius 1 is 0.905 bits per heavy atom. The molecule has 126 valence electrons. The lowest BCUT2D eigenvalue weighted by Gasteiger charge is -2.36. The van der Waals surface area contributed by atoms with Gasteiger partial charge >= 0.3 is 0 Å². The van der Waals surface area contributed by atoms with Gasteiger partial charge in [-0.25, -0.2) is 0 Å². The standard InChI is InChI=1S/C19H40N2/c1-9-15(5)11-12-16(6)21(8)13-19(14(3)4)18(10-2)17(7)20/h11-12,14-19H,9-10,13,20H2,1-8H3/b12-11-/t15-,16-,17+,18?,19?/m0/s1. The summed E-state index contributed by atoms with van der Waals surface area (Å²) in [5, 5.41) is 0. The molecule has 0 rings (SSSR count). The summed E-state index contributed by atoms with van der Waals surface area (Å²) >= 11 is 0. The molecule has 0 fully saturated rings. The van der Waals surface area contributed by atoms with Gasteiger partial charge < -0.3 is 5.73 Å². The van der Waals surface area contributed by atoms with E-state index in [0.29, 0.717) is 29.7 Å². The molecule has 2 nitrogen and oxygen atoms in total. The lowest BCUT2D eigenvalue weighted by Crippen LogP contribution is -2.42. The predicted molar refractivity (Wildman–Crippen MR) is 96.4 cm³/mol. The first-order valence-corrected chi connectivity index (χ1v) is 8.88. The quantitative estimate of drug-likeness (QED) is 0.599. The van der Waals surface area contributed by atoms with E-state index in [4.69, 9.17) is 5.73 Å². The first-order valence-electron chi connectivity index (χ1n) is 8.88. The van der Waals surface area contributed by atoms with E-state index in [1.807, 2.05) is 0 Å². The minimum atomic E-state index is 0.279. The normalized spacial score (nSPS) is 20.0. The van der Waals surface area contributed by atoms with Crippen molar-refractivity contribution in [2.75, 3.05) is 13.6 Å². The van der Waals surface area contributed by atoms with Crippen LogP contribution >= 0.6 is 0 Å². The molecule has 0 aromatic rings. The van der Waals surface area contributed by atoms with Crippen molar-refractivity contribution < 1.29 is 0 Å². The molecule has 2 N–H and O–H groups in total. The van der Waals surface area contributed by atoms with Gasteiger partial charge in [0.05, 0.1) is 0 Å². The Labute approximate surface area is 134 Å². The molecule has 0 saturated heterocycles. The Balaban J connectivity index is 4.74. The molecule has 0 heterocycles. The summed E-state index contributed by atoms with van der Waals surface area (Å²) in [6.45, 7) is 17.1. The molecule has 2 heteroatoms. The predicted octanol–water partition coefficient (Wildman–Crippen LogP) is 4.55. The molecule has 0 aromatic carbocycles. The van der Waals surface area contributed by atoms with Crippen LogP contribution in [0.1, 0.15) is 61.3 Å². The fraction of sp³-hybridized carbons (Fsp3) is 0.895. The minimum Gasteiger partial charge on any atom is -0.328 e. The number of likely N-dealkylation sites (N-methyl/N-ethyl adjacent to an activating group) is 1. The fourth-order valence-corrected chi connectivity index (χ4v) is 3.04. The Morgan fingerprint density at radius 2 is 1.48 bits per heavy atom. The van der Waals surface area contributed by atoms with Gasteiger partial charge in [-0.3, -0.25) is 4.90 Å². The van der Waals surface area contributed by atoms with Gasteiger partial charge in [0.1, 0.15) is 0 Å². The van der Waals surface area contributed by atoms with E-state index >= 15 is 0 Å². The number of rotatable bonds is 10. The summed E-state index contributed by atoms with van der Waals surface area (Å²) in [5.74, 6) is 2.63. The van der Waals surface area contributed by atoms with E-state index < -0.39 is 0 Å². The van der Waals surface area contributed by atoms with Crippen molar-refractivity contribution in [1.29, 1.82) is 0 Å². The van der Waals surface area contributed by atoms with Gasteiger partial charge in [-0.05, 0) is 44.6 Å². The second-order valence-corrected chi connectivity index (χ2v) is 7.29. The van der Waals surface area contributed by atoms with Crippen molar-refractivity contribution in [3.8, 4) is 0 Å². The van der Waals surface area contributed by atoms with Crippen LogP contribution in [0.5, 0.6) is 0 Å². The first kappa shape index (κ1) is 20.7. The van der Waals surface area contributed by atoms with Crippen molar-refractivity contribution >= 4 is 0 Å². The average molecular weight is 297 g/mol. The van der Waals surface area contributed by atoms with Crippen LogP contribution in [0, 0.1) is 23.7 Å². The number of hydrogen-bond acceptors (Lipinski definition) is 2. The van der Waals surface area contributed by atoms with Crippen molar-refractivity contribution in [1.82, 2.24) is 4.90 Å². The molecular weight excluding hydrogens is 256 g/mol. The lowest BCUT2D eigenvalue weighted by molar-refractivity contribution is 0.142. The van der Waals surface area contributed by atoms with Gasteiger partial charge in [-0.15, -0.1) is 0 Å². The summed E-state index contributed by atoms with van der Waals surface area (Å²) in [7, 11) is 2.24. The molecule has 0 bridgehead atoms. The van der Waals surface area contributed by atoms with Gasteiger partial charge in [-0.2, -0.15) is 0 Å². The third-order valence-corrected chi connectivity index (χ3v) is 5.11. The van der Waals surface area contributed by atoms with Crippen LogP contribution in [-0.4, -0.2) is 30.6 Å². The zero-order chi connectivity index (χ0) is 16.6. The van der Waals surface area contributed by atoms with Crippen LogP contribution in [0.4, 0.5) is 0 Å². The Kier molecular flexibility index (Phi) is 10.2. The van der Waals surface area contributed by atoms with E-state index in [-0.39, 0.29) is 6.04 Å². The molecule has 5 atom stereocenters. The lowest BCUT2D eigenvalue weighted by atomic mass is 9.78. The van der Waals surface area contributed by atoms with Crippen LogP contribution in [0.25, 0.3) is 0 Å². The molecule has 0 saturated carbocycles. The topological polar surface area (TPSA) is 29.3 Å². The van der Waals surface area contributed by atoms with Crippen molar-refractivity contribution in [2.45, 2.75) is 73.4 Å². The van der Waals surface area contributed by atoms with E-state index in [2.05, 4.69) is 72.6 Å². The first-order chi connectivity index (χ1) is 9.74. The van der Waals surface area contributed by atoms with Gasteiger partial charge in [0, 0.05) is 18.6 Å². The molecule has 0 aliphatic rings. The van der Waals surface area contributed by atoms with Crippen molar-refractivity contribution in [3.63, 3.8) is 0 Å². The van der Waals surface area contributed by atoms with E-state index in [0.717, 1.165) is 6.54 Å². The second-order valence-electron chi connectivity index (χ2n) is 7.29. The van der Waals surface area contributed by atoms with E-state index in [1.165, 1.54) is 12.8 Å². The largest absolute Gasteiger partial charge is 0.328 e. The fourth-order valence-electron chi connectivity index (χ4n) is 3.04. The summed E-state index contributed by atoms with van der Waals surface area (Å²) in [4.78, 5) is 2.48. The Bertz CT molecular complexity index is 283. The molecule has 0 aromatic heterocycles. The molecule has 2 unspecified atom stereocenters. The summed E-state index contributed by atoms with van der Waals surface area (Å²) < 4.78 is 0.